The van der Waals surface area contributed by atoms with Crippen LogP contribution in [-0.2, 0) is 16.1 Å². The maximum atomic E-state index is 12.2. The highest BCUT2D eigenvalue weighted by atomic mass is 35.5. The molecule has 4 nitrogen and oxygen atoms in total. The fraction of sp³-hybridized carbons (Fsp3) is 0.333. The minimum absolute atomic E-state index is 0.174. The summed E-state index contributed by atoms with van der Waals surface area (Å²) in [5.41, 5.74) is 1.20. The SMILES string of the molecule is O=C(O)C1=C(C(=O)NCc2c(Cl)cccc2Cl)CCCC1. The molecule has 0 heterocycles. The number of aliphatic carboxylic acids is 1. The van der Waals surface area contributed by atoms with Gasteiger partial charge in [0.15, 0.2) is 0 Å². The summed E-state index contributed by atoms with van der Waals surface area (Å²) >= 11 is 12.1. The zero-order chi connectivity index (χ0) is 15.4. The lowest BCUT2D eigenvalue weighted by Gasteiger charge is -2.17. The molecule has 112 valence electrons. The number of halogens is 2. The number of carboxylic acid groups (broad SMARTS) is 1. The van der Waals surface area contributed by atoms with Crippen molar-refractivity contribution < 1.29 is 14.7 Å². The lowest BCUT2D eigenvalue weighted by Crippen LogP contribution is -2.28. The number of carbonyl (C=O) groups excluding carboxylic acids is 1. The lowest BCUT2D eigenvalue weighted by molar-refractivity contribution is -0.133. The molecule has 1 aromatic rings. The highest BCUT2D eigenvalue weighted by molar-refractivity contribution is 6.36. The van der Waals surface area contributed by atoms with Gasteiger partial charge in [0.05, 0.1) is 0 Å². The van der Waals surface area contributed by atoms with Gasteiger partial charge in [-0.2, -0.15) is 0 Å². The summed E-state index contributed by atoms with van der Waals surface area (Å²) in [5.74, 6) is -1.38. The first-order valence-electron chi connectivity index (χ1n) is 6.67. The number of nitrogens with one attached hydrogen (secondary N) is 1. The third-order valence-electron chi connectivity index (χ3n) is 3.49. The smallest absolute Gasteiger partial charge is 0.332 e. The van der Waals surface area contributed by atoms with Crippen molar-refractivity contribution >= 4 is 35.1 Å². The van der Waals surface area contributed by atoms with E-state index in [0.29, 0.717) is 34.0 Å². The Labute approximate surface area is 132 Å². The Hall–Kier alpha value is -1.52. The van der Waals surface area contributed by atoms with Gasteiger partial charge < -0.3 is 10.4 Å². The normalized spacial score (nSPS) is 15.0. The molecular weight excluding hydrogens is 313 g/mol. The summed E-state index contributed by atoms with van der Waals surface area (Å²) in [6.07, 6.45) is 2.55. The van der Waals surface area contributed by atoms with Crippen LogP contribution in [0.4, 0.5) is 0 Å². The van der Waals surface area contributed by atoms with Crippen LogP contribution in [-0.4, -0.2) is 17.0 Å². The van der Waals surface area contributed by atoms with E-state index in [1.54, 1.807) is 18.2 Å². The largest absolute Gasteiger partial charge is 0.478 e. The first-order valence-corrected chi connectivity index (χ1v) is 7.42. The molecule has 1 aliphatic carbocycles. The summed E-state index contributed by atoms with van der Waals surface area (Å²) in [7, 11) is 0. The number of hydrogen-bond donors (Lipinski definition) is 2. The van der Waals surface area contributed by atoms with Crippen molar-refractivity contribution in [3.05, 3.63) is 45.0 Å². The van der Waals surface area contributed by atoms with Gasteiger partial charge >= 0.3 is 5.97 Å². The van der Waals surface area contributed by atoms with Crippen LogP contribution in [0.15, 0.2) is 29.3 Å². The summed E-state index contributed by atoms with van der Waals surface area (Å²) in [6.45, 7) is 0.174. The molecule has 2 rings (SSSR count). The monoisotopic (exact) mass is 327 g/mol. The van der Waals surface area contributed by atoms with Gasteiger partial charge in [-0.3, -0.25) is 4.79 Å². The van der Waals surface area contributed by atoms with Crippen LogP contribution in [0.3, 0.4) is 0 Å². The van der Waals surface area contributed by atoms with Crippen molar-refractivity contribution in [1.82, 2.24) is 5.32 Å². The Balaban J connectivity index is 2.13. The Bertz CT molecular complexity index is 591. The van der Waals surface area contributed by atoms with Gasteiger partial charge in [0, 0.05) is 33.3 Å². The molecule has 0 saturated heterocycles. The second kappa shape index (κ2) is 6.96. The molecule has 0 saturated carbocycles. The molecule has 0 fully saturated rings. The highest BCUT2D eigenvalue weighted by Gasteiger charge is 2.23. The molecule has 6 heteroatoms. The molecule has 1 aromatic carbocycles. The first kappa shape index (κ1) is 15.9. The van der Waals surface area contributed by atoms with Gasteiger partial charge in [-0.15, -0.1) is 0 Å². The van der Waals surface area contributed by atoms with Gasteiger partial charge in [-0.1, -0.05) is 29.3 Å². The second-order valence-corrected chi connectivity index (χ2v) is 5.67. The zero-order valence-corrected chi connectivity index (χ0v) is 12.8. The van der Waals surface area contributed by atoms with E-state index in [2.05, 4.69) is 5.32 Å². The van der Waals surface area contributed by atoms with E-state index in [1.165, 1.54) is 0 Å². The molecule has 0 unspecified atom stereocenters. The number of rotatable bonds is 4. The van der Waals surface area contributed by atoms with E-state index in [4.69, 9.17) is 28.3 Å². The molecule has 1 amide bonds. The predicted octanol–water partition coefficient (Wildman–Crippen LogP) is 3.56. The van der Waals surface area contributed by atoms with Crippen LogP contribution in [0.5, 0.6) is 0 Å². The van der Waals surface area contributed by atoms with Gasteiger partial charge in [-0.05, 0) is 37.8 Å². The van der Waals surface area contributed by atoms with Crippen molar-refractivity contribution in [3.8, 4) is 0 Å². The maximum Gasteiger partial charge on any atom is 0.332 e. The lowest BCUT2D eigenvalue weighted by atomic mass is 9.91. The molecule has 0 atom stereocenters. The third-order valence-corrected chi connectivity index (χ3v) is 4.20. The van der Waals surface area contributed by atoms with Crippen LogP contribution < -0.4 is 5.32 Å². The van der Waals surface area contributed by atoms with E-state index in [0.717, 1.165) is 12.8 Å². The average molecular weight is 328 g/mol. The Morgan fingerprint density at radius 3 is 2.24 bits per heavy atom. The van der Waals surface area contributed by atoms with Crippen LogP contribution in [0.25, 0.3) is 0 Å². The van der Waals surface area contributed by atoms with Crippen molar-refractivity contribution in [2.75, 3.05) is 0 Å². The zero-order valence-electron chi connectivity index (χ0n) is 11.3. The topological polar surface area (TPSA) is 66.4 Å². The molecule has 2 N–H and O–H groups in total. The standard InChI is InChI=1S/C15H15Cl2NO3/c16-12-6-3-7-13(17)11(12)8-18-14(19)9-4-1-2-5-10(9)15(20)21/h3,6-7H,1-2,4-5,8H2,(H,18,19)(H,20,21). The highest BCUT2D eigenvalue weighted by Crippen LogP contribution is 2.26. The van der Waals surface area contributed by atoms with E-state index < -0.39 is 5.97 Å². The number of amides is 1. The Morgan fingerprint density at radius 1 is 1.10 bits per heavy atom. The molecule has 0 spiro atoms. The summed E-state index contributed by atoms with van der Waals surface area (Å²) in [4.78, 5) is 23.4. The fourth-order valence-electron chi connectivity index (χ4n) is 2.37. The first-order chi connectivity index (χ1) is 10.0. The third kappa shape index (κ3) is 3.77. The minimum Gasteiger partial charge on any atom is -0.478 e. The number of carboxylic acids is 1. The second-order valence-electron chi connectivity index (χ2n) is 4.85. The Kier molecular flexibility index (Phi) is 5.26. The van der Waals surface area contributed by atoms with Crippen molar-refractivity contribution in [2.24, 2.45) is 0 Å². The van der Waals surface area contributed by atoms with E-state index in [1.807, 2.05) is 0 Å². The van der Waals surface area contributed by atoms with E-state index in [9.17, 15) is 9.59 Å². The average Bonchev–Trinajstić information content (AvgIpc) is 2.46. The molecule has 0 aromatic heterocycles. The van der Waals surface area contributed by atoms with Crippen LogP contribution in [0, 0.1) is 0 Å². The van der Waals surface area contributed by atoms with Gasteiger partial charge in [0.2, 0.25) is 5.91 Å². The van der Waals surface area contributed by atoms with Crippen LogP contribution >= 0.6 is 23.2 Å². The van der Waals surface area contributed by atoms with Gasteiger partial charge in [0.25, 0.3) is 0 Å². The predicted molar refractivity (Wildman–Crippen MR) is 81.4 cm³/mol. The maximum absolute atomic E-state index is 12.2. The van der Waals surface area contributed by atoms with E-state index in [-0.39, 0.29) is 18.0 Å². The quantitative estimate of drug-likeness (QED) is 0.888. The van der Waals surface area contributed by atoms with Crippen molar-refractivity contribution in [1.29, 1.82) is 0 Å². The molecule has 0 bridgehead atoms. The van der Waals surface area contributed by atoms with Crippen molar-refractivity contribution in [2.45, 2.75) is 32.2 Å². The molecule has 0 radical (unpaired) electrons. The number of hydrogen-bond acceptors (Lipinski definition) is 2. The number of carbonyl (C=O) groups is 2. The summed E-state index contributed by atoms with van der Waals surface area (Å²) in [5, 5.41) is 12.8. The number of benzene rings is 1. The molecular formula is C15H15Cl2NO3. The summed E-state index contributed by atoms with van der Waals surface area (Å²) in [6, 6.07) is 5.11. The van der Waals surface area contributed by atoms with Gasteiger partial charge in [-0.25, -0.2) is 4.79 Å². The molecule has 0 aliphatic heterocycles. The molecule has 21 heavy (non-hydrogen) atoms. The summed E-state index contributed by atoms with van der Waals surface area (Å²) < 4.78 is 0. The van der Waals surface area contributed by atoms with Crippen molar-refractivity contribution in [3.63, 3.8) is 0 Å². The van der Waals surface area contributed by atoms with Crippen LogP contribution in [0.2, 0.25) is 10.0 Å². The van der Waals surface area contributed by atoms with Crippen LogP contribution in [0.1, 0.15) is 31.2 Å². The molecule has 1 aliphatic rings. The Morgan fingerprint density at radius 2 is 1.67 bits per heavy atom. The van der Waals surface area contributed by atoms with E-state index >= 15 is 0 Å². The fourth-order valence-corrected chi connectivity index (χ4v) is 2.90. The van der Waals surface area contributed by atoms with Gasteiger partial charge in [0.1, 0.15) is 0 Å². The minimum atomic E-state index is -1.02.